The molecule has 1 fully saturated rings. The second-order valence-electron chi connectivity index (χ2n) is 6.64. The number of amides is 3. The first kappa shape index (κ1) is 19.2. The van der Waals surface area contributed by atoms with Gasteiger partial charge in [0.1, 0.15) is 10.8 Å². The molecule has 1 saturated heterocycles. The lowest BCUT2D eigenvalue weighted by molar-refractivity contribution is -0.137. The van der Waals surface area contributed by atoms with E-state index in [9.17, 15) is 22.8 Å². The Morgan fingerprint density at radius 3 is 2.55 bits per heavy atom. The van der Waals surface area contributed by atoms with Crippen LogP contribution in [0.4, 0.5) is 18.0 Å². The molecule has 0 aliphatic carbocycles. The highest BCUT2D eigenvalue weighted by Crippen LogP contribution is 2.33. The predicted molar refractivity (Wildman–Crippen MR) is 97.7 cm³/mol. The molecular formula is C19H14F3N3O3S. The van der Waals surface area contributed by atoms with E-state index in [1.165, 1.54) is 29.7 Å². The fourth-order valence-electron chi connectivity index (χ4n) is 3.05. The third kappa shape index (κ3) is 3.39. The second kappa shape index (κ2) is 6.73. The van der Waals surface area contributed by atoms with Crippen LogP contribution in [0.25, 0.3) is 10.6 Å². The van der Waals surface area contributed by atoms with E-state index < -0.39 is 29.2 Å². The smallest absolute Gasteiger partial charge is 0.416 e. The normalized spacial score (nSPS) is 19.7. The Balaban J connectivity index is 1.52. The summed E-state index contributed by atoms with van der Waals surface area (Å²) in [5.74, 6) is -0.149. The van der Waals surface area contributed by atoms with Gasteiger partial charge in [-0.3, -0.25) is 9.69 Å². The van der Waals surface area contributed by atoms with Crippen LogP contribution in [0.3, 0.4) is 0 Å². The Morgan fingerprint density at radius 1 is 1.21 bits per heavy atom. The Morgan fingerprint density at radius 2 is 1.93 bits per heavy atom. The Labute approximate surface area is 167 Å². The zero-order valence-corrected chi connectivity index (χ0v) is 15.8. The molecule has 10 heteroatoms. The summed E-state index contributed by atoms with van der Waals surface area (Å²) in [6, 6.07) is 7.32. The van der Waals surface area contributed by atoms with Crippen molar-refractivity contribution in [2.75, 3.05) is 0 Å². The highest BCUT2D eigenvalue weighted by Gasteiger charge is 2.51. The largest absolute Gasteiger partial charge is 0.466 e. The first-order chi connectivity index (χ1) is 13.7. The number of rotatable bonds is 4. The molecule has 1 aliphatic rings. The van der Waals surface area contributed by atoms with Gasteiger partial charge in [0, 0.05) is 10.9 Å². The summed E-state index contributed by atoms with van der Waals surface area (Å²) in [6.45, 7) is 1.50. The van der Waals surface area contributed by atoms with Gasteiger partial charge in [-0.05, 0) is 31.2 Å². The van der Waals surface area contributed by atoms with E-state index in [0.717, 1.165) is 17.0 Å². The topological polar surface area (TPSA) is 75.4 Å². The number of furan rings is 1. The molecule has 0 spiro atoms. The summed E-state index contributed by atoms with van der Waals surface area (Å²) in [4.78, 5) is 30.5. The number of hydrogen-bond acceptors (Lipinski definition) is 5. The van der Waals surface area contributed by atoms with Crippen molar-refractivity contribution < 1.29 is 27.2 Å². The lowest BCUT2D eigenvalue weighted by Crippen LogP contribution is -2.40. The number of thiazole rings is 1. The van der Waals surface area contributed by atoms with Crippen molar-refractivity contribution in [2.24, 2.45) is 0 Å². The van der Waals surface area contributed by atoms with Crippen molar-refractivity contribution in [3.05, 3.63) is 65.1 Å². The van der Waals surface area contributed by atoms with Crippen molar-refractivity contribution in [3.8, 4) is 10.6 Å². The van der Waals surface area contributed by atoms with Gasteiger partial charge < -0.3 is 9.73 Å². The predicted octanol–water partition coefficient (Wildman–Crippen LogP) is 4.39. The van der Waals surface area contributed by atoms with Crippen LogP contribution < -0.4 is 5.32 Å². The van der Waals surface area contributed by atoms with Crippen molar-refractivity contribution >= 4 is 23.3 Å². The molecule has 1 aromatic carbocycles. The van der Waals surface area contributed by atoms with Gasteiger partial charge in [-0.25, -0.2) is 9.78 Å². The zero-order valence-electron chi connectivity index (χ0n) is 15.0. The Bertz CT molecular complexity index is 1060. The van der Waals surface area contributed by atoms with E-state index in [0.29, 0.717) is 22.0 Å². The van der Waals surface area contributed by atoms with Gasteiger partial charge in [0.25, 0.3) is 5.91 Å². The molecule has 29 heavy (non-hydrogen) atoms. The number of aromatic nitrogens is 1. The number of carbonyl (C=O) groups excluding carboxylic acids is 2. The number of halogens is 3. The highest BCUT2D eigenvalue weighted by molar-refractivity contribution is 7.13. The second-order valence-corrected chi connectivity index (χ2v) is 7.50. The van der Waals surface area contributed by atoms with Gasteiger partial charge in [-0.1, -0.05) is 12.1 Å². The third-order valence-electron chi connectivity index (χ3n) is 4.62. The fourth-order valence-corrected chi connectivity index (χ4v) is 3.86. The number of hydrogen-bond donors (Lipinski definition) is 1. The minimum atomic E-state index is -4.41. The lowest BCUT2D eigenvalue weighted by atomic mass is 9.99. The Hall–Kier alpha value is -3.14. The number of nitrogens with zero attached hydrogens (tertiary/aromatic N) is 2. The van der Waals surface area contributed by atoms with Crippen LogP contribution in [0, 0.1) is 0 Å². The molecule has 0 bridgehead atoms. The van der Waals surface area contributed by atoms with Crippen molar-refractivity contribution in [1.82, 2.24) is 15.2 Å². The molecule has 6 nitrogen and oxygen atoms in total. The fraction of sp³-hybridized carbons (Fsp3) is 0.211. The summed E-state index contributed by atoms with van der Waals surface area (Å²) in [7, 11) is 0. The Kier molecular flexibility index (Phi) is 4.45. The van der Waals surface area contributed by atoms with Crippen LogP contribution in [0.15, 0.2) is 52.5 Å². The van der Waals surface area contributed by atoms with E-state index >= 15 is 0 Å². The number of nitrogens with one attached hydrogen (secondary N) is 1. The molecule has 3 heterocycles. The molecule has 1 N–H and O–H groups in total. The van der Waals surface area contributed by atoms with Crippen molar-refractivity contribution in [3.63, 3.8) is 0 Å². The highest BCUT2D eigenvalue weighted by atomic mass is 32.1. The van der Waals surface area contributed by atoms with Crippen LogP contribution in [0.2, 0.25) is 0 Å². The maximum Gasteiger partial charge on any atom is 0.416 e. The van der Waals surface area contributed by atoms with E-state index in [1.54, 1.807) is 24.4 Å². The molecule has 0 saturated carbocycles. The molecule has 3 aromatic rings. The van der Waals surface area contributed by atoms with Gasteiger partial charge in [0.15, 0.2) is 5.54 Å². The maximum absolute atomic E-state index is 12.8. The minimum absolute atomic E-state index is 0.0574. The summed E-state index contributed by atoms with van der Waals surface area (Å²) in [6.07, 6.45) is -2.99. The number of benzene rings is 1. The van der Waals surface area contributed by atoms with Crippen LogP contribution in [0.1, 0.15) is 23.9 Å². The molecule has 1 aliphatic heterocycles. The average molecular weight is 421 g/mol. The SMILES string of the molecule is CC1(c2ccco2)NC(=O)N(Cc2csc(-c3ccc(C(F)(F)F)cc3)n2)C1=O. The van der Waals surface area contributed by atoms with E-state index in [2.05, 4.69) is 10.3 Å². The van der Waals surface area contributed by atoms with Crippen LogP contribution in [-0.4, -0.2) is 21.8 Å². The van der Waals surface area contributed by atoms with E-state index in [-0.39, 0.29) is 6.54 Å². The monoisotopic (exact) mass is 421 g/mol. The van der Waals surface area contributed by atoms with Crippen LogP contribution >= 0.6 is 11.3 Å². The number of urea groups is 1. The van der Waals surface area contributed by atoms with Gasteiger partial charge in [-0.2, -0.15) is 13.2 Å². The number of imide groups is 1. The van der Waals surface area contributed by atoms with E-state index in [4.69, 9.17) is 4.42 Å². The number of alkyl halides is 3. The molecule has 150 valence electrons. The van der Waals surface area contributed by atoms with E-state index in [1.807, 2.05) is 0 Å². The first-order valence-corrected chi connectivity index (χ1v) is 9.36. The first-order valence-electron chi connectivity index (χ1n) is 8.48. The molecule has 1 unspecified atom stereocenters. The summed E-state index contributed by atoms with van der Waals surface area (Å²) in [5.41, 5.74) is -1.06. The molecule has 3 amide bonds. The van der Waals surface area contributed by atoms with Crippen molar-refractivity contribution in [1.29, 1.82) is 0 Å². The molecular weight excluding hydrogens is 407 g/mol. The van der Waals surface area contributed by atoms with Gasteiger partial charge in [0.05, 0.1) is 24.1 Å². The third-order valence-corrected chi connectivity index (χ3v) is 5.56. The van der Waals surface area contributed by atoms with Crippen LogP contribution in [-0.2, 0) is 23.1 Å². The molecule has 2 aromatic heterocycles. The maximum atomic E-state index is 12.8. The molecule has 0 radical (unpaired) electrons. The minimum Gasteiger partial charge on any atom is -0.466 e. The standard InChI is InChI=1S/C19H14F3N3O3S/c1-18(14-3-2-8-28-14)16(26)25(17(27)24-18)9-13-10-29-15(23-13)11-4-6-12(7-5-11)19(20,21)22/h2-8,10H,9H2,1H3,(H,24,27). The summed E-state index contributed by atoms with van der Waals surface area (Å²) in [5, 5.41) is 4.78. The van der Waals surface area contributed by atoms with Crippen LogP contribution in [0.5, 0.6) is 0 Å². The lowest BCUT2D eigenvalue weighted by Gasteiger charge is -2.18. The average Bonchev–Trinajstić information content (AvgIpc) is 3.40. The van der Waals surface area contributed by atoms with Gasteiger partial charge >= 0.3 is 12.2 Å². The summed E-state index contributed by atoms with van der Waals surface area (Å²) < 4.78 is 43.4. The molecule has 1 atom stereocenters. The zero-order chi connectivity index (χ0) is 20.8. The summed E-state index contributed by atoms with van der Waals surface area (Å²) >= 11 is 1.22. The quantitative estimate of drug-likeness (QED) is 0.634. The van der Waals surface area contributed by atoms with Gasteiger partial charge in [0.2, 0.25) is 0 Å². The van der Waals surface area contributed by atoms with Gasteiger partial charge in [-0.15, -0.1) is 11.3 Å². The van der Waals surface area contributed by atoms with Crippen molar-refractivity contribution in [2.45, 2.75) is 25.2 Å². The molecule has 4 rings (SSSR count). The number of carbonyl (C=O) groups is 2.